The highest BCUT2D eigenvalue weighted by molar-refractivity contribution is 9.10. The maximum atomic E-state index is 6.25. The van der Waals surface area contributed by atoms with Crippen molar-refractivity contribution >= 4 is 31.9 Å². The van der Waals surface area contributed by atoms with E-state index in [0.29, 0.717) is 0 Å². The minimum atomic E-state index is -0.139. The third kappa shape index (κ3) is 2.94. The molecule has 0 fully saturated rings. The van der Waals surface area contributed by atoms with Gasteiger partial charge in [-0.3, -0.25) is 0 Å². The van der Waals surface area contributed by atoms with Crippen LogP contribution >= 0.6 is 31.9 Å². The molecule has 94 valence electrons. The first kappa shape index (κ1) is 13.6. The minimum Gasteiger partial charge on any atom is -0.496 e. The van der Waals surface area contributed by atoms with Crippen LogP contribution in [0.3, 0.4) is 0 Å². The van der Waals surface area contributed by atoms with Crippen LogP contribution in [0.1, 0.15) is 17.2 Å². The molecule has 2 rings (SSSR count). The van der Waals surface area contributed by atoms with Crippen LogP contribution in [-0.4, -0.2) is 7.11 Å². The van der Waals surface area contributed by atoms with Crippen LogP contribution in [0.5, 0.6) is 5.75 Å². The van der Waals surface area contributed by atoms with Gasteiger partial charge in [0.2, 0.25) is 0 Å². The largest absolute Gasteiger partial charge is 0.496 e. The van der Waals surface area contributed by atoms with Gasteiger partial charge in [0.1, 0.15) is 5.75 Å². The van der Waals surface area contributed by atoms with Gasteiger partial charge in [0.15, 0.2) is 0 Å². The molecule has 0 aromatic heterocycles. The van der Waals surface area contributed by atoms with Crippen LogP contribution in [0.2, 0.25) is 0 Å². The Morgan fingerprint density at radius 1 is 1.00 bits per heavy atom. The maximum absolute atomic E-state index is 6.25. The van der Waals surface area contributed by atoms with Crippen LogP contribution in [0.15, 0.2) is 51.4 Å². The van der Waals surface area contributed by atoms with Gasteiger partial charge in [-0.15, -0.1) is 0 Å². The van der Waals surface area contributed by atoms with E-state index < -0.39 is 0 Å². The molecule has 0 aliphatic heterocycles. The van der Waals surface area contributed by atoms with Crippen molar-refractivity contribution < 1.29 is 4.74 Å². The number of ether oxygens (including phenoxy) is 1. The Bertz CT molecular complexity index is 540. The predicted octanol–water partition coefficient (Wildman–Crippen LogP) is 4.27. The number of methoxy groups -OCH3 is 1. The van der Waals surface area contributed by atoms with Gasteiger partial charge in [0.05, 0.1) is 17.6 Å². The van der Waals surface area contributed by atoms with Gasteiger partial charge in [-0.25, -0.2) is 0 Å². The molecule has 2 nitrogen and oxygen atoms in total. The Morgan fingerprint density at radius 2 is 1.61 bits per heavy atom. The van der Waals surface area contributed by atoms with Crippen LogP contribution < -0.4 is 10.5 Å². The van der Waals surface area contributed by atoms with E-state index in [0.717, 1.165) is 25.8 Å². The summed E-state index contributed by atoms with van der Waals surface area (Å²) in [6, 6.07) is 13.8. The van der Waals surface area contributed by atoms with E-state index in [1.165, 1.54) is 0 Å². The topological polar surface area (TPSA) is 35.2 Å². The minimum absolute atomic E-state index is 0.139. The molecule has 0 amide bonds. The summed E-state index contributed by atoms with van der Waals surface area (Å²) in [5.74, 6) is 0.807. The highest BCUT2D eigenvalue weighted by Crippen LogP contribution is 2.29. The van der Waals surface area contributed by atoms with E-state index in [-0.39, 0.29) is 6.04 Å². The second kappa shape index (κ2) is 5.87. The first-order chi connectivity index (χ1) is 8.61. The van der Waals surface area contributed by atoms with Crippen LogP contribution in [0, 0.1) is 0 Å². The van der Waals surface area contributed by atoms with Crippen molar-refractivity contribution in [1.82, 2.24) is 0 Å². The second-order valence-electron chi connectivity index (χ2n) is 3.92. The molecule has 0 aliphatic rings. The highest BCUT2D eigenvalue weighted by atomic mass is 79.9. The predicted molar refractivity (Wildman–Crippen MR) is 80.9 cm³/mol. The summed E-state index contributed by atoms with van der Waals surface area (Å²) in [6.45, 7) is 0. The van der Waals surface area contributed by atoms with Crippen molar-refractivity contribution in [3.8, 4) is 5.75 Å². The molecule has 0 saturated carbocycles. The molecule has 1 unspecified atom stereocenters. The second-order valence-corrected chi connectivity index (χ2v) is 5.69. The number of hydrogen-bond donors (Lipinski definition) is 1. The van der Waals surface area contributed by atoms with Gasteiger partial charge in [0.25, 0.3) is 0 Å². The van der Waals surface area contributed by atoms with Crippen LogP contribution in [-0.2, 0) is 0 Å². The lowest BCUT2D eigenvalue weighted by molar-refractivity contribution is 0.412. The standard InChI is InChI=1S/C14H13Br2NO/c1-18-13-7-4-10(8-12(13)16)14(17)9-2-5-11(15)6-3-9/h2-8,14H,17H2,1H3. The summed E-state index contributed by atoms with van der Waals surface area (Å²) >= 11 is 6.89. The van der Waals surface area contributed by atoms with Crippen molar-refractivity contribution in [1.29, 1.82) is 0 Å². The van der Waals surface area contributed by atoms with Gasteiger partial charge >= 0.3 is 0 Å². The summed E-state index contributed by atoms with van der Waals surface area (Å²) in [6.07, 6.45) is 0. The molecule has 2 aromatic carbocycles. The number of benzene rings is 2. The molecule has 0 saturated heterocycles. The van der Waals surface area contributed by atoms with Crippen molar-refractivity contribution in [2.45, 2.75) is 6.04 Å². The molecule has 0 heterocycles. The Hall–Kier alpha value is -0.840. The fourth-order valence-corrected chi connectivity index (χ4v) is 2.56. The lowest BCUT2D eigenvalue weighted by atomic mass is 10.00. The van der Waals surface area contributed by atoms with E-state index in [1.54, 1.807) is 7.11 Å². The maximum Gasteiger partial charge on any atom is 0.133 e. The summed E-state index contributed by atoms with van der Waals surface area (Å²) in [5.41, 5.74) is 8.38. The zero-order valence-electron chi connectivity index (χ0n) is 9.86. The number of hydrogen-bond acceptors (Lipinski definition) is 2. The van der Waals surface area contributed by atoms with Crippen LogP contribution in [0.4, 0.5) is 0 Å². The van der Waals surface area contributed by atoms with Gasteiger partial charge in [-0.1, -0.05) is 34.1 Å². The fraction of sp³-hybridized carbons (Fsp3) is 0.143. The summed E-state index contributed by atoms with van der Waals surface area (Å²) in [5, 5.41) is 0. The number of rotatable bonds is 3. The van der Waals surface area contributed by atoms with Gasteiger partial charge in [0, 0.05) is 4.47 Å². The fourth-order valence-electron chi connectivity index (χ4n) is 1.74. The zero-order valence-corrected chi connectivity index (χ0v) is 13.0. The van der Waals surface area contributed by atoms with E-state index in [2.05, 4.69) is 31.9 Å². The Morgan fingerprint density at radius 3 is 2.17 bits per heavy atom. The molecule has 0 aliphatic carbocycles. The first-order valence-electron chi connectivity index (χ1n) is 5.46. The van der Waals surface area contributed by atoms with E-state index in [4.69, 9.17) is 10.5 Å². The molecule has 18 heavy (non-hydrogen) atoms. The Labute approximate surface area is 123 Å². The smallest absolute Gasteiger partial charge is 0.133 e. The molecular weight excluding hydrogens is 358 g/mol. The third-order valence-electron chi connectivity index (χ3n) is 2.76. The van der Waals surface area contributed by atoms with Crippen molar-refractivity contribution in [2.75, 3.05) is 7.11 Å². The average Bonchev–Trinajstić information content (AvgIpc) is 2.38. The first-order valence-corrected chi connectivity index (χ1v) is 7.05. The van der Waals surface area contributed by atoms with Crippen LogP contribution in [0.25, 0.3) is 0 Å². The highest BCUT2D eigenvalue weighted by Gasteiger charge is 2.10. The summed E-state index contributed by atoms with van der Waals surface area (Å²) < 4.78 is 7.17. The Balaban J connectivity index is 2.31. The molecule has 0 spiro atoms. The summed E-state index contributed by atoms with van der Waals surface area (Å²) in [7, 11) is 1.65. The molecule has 2 aromatic rings. The van der Waals surface area contributed by atoms with E-state index in [9.17, 15) is 0 Å². The number of nitrogens with two attached hydrogens (primary N) is 1. The normalized spacial score (nSPS) is 12.2. The lowest BCUT2D eigenvalue weighted by Gasteiger charge is -2.14. The number of halogens is 2. The van der Waals surface area contributed by atoms with Crippen molar-refractivity contribution in [3.63, 3.8) is 0 Å². The Kier molecular flexibility index (Phi) is 4.43. The van der Waals surface area contributed by atoms with Crippen molar-refractivity contribution in [2.24, 2.45) is 5.73 Å². The quantitative estimate of drug-likeness (QED) is 0.875. The lowest BCUT2D eigenvalue weighted by Crippen LogP contribution is -2.11. The molecule has 4 heteroatoms. The average molecular weight is 371 g/mol. The van der Waals surface area contributed by atoms with Gasteiger partial charge in [-0.2, -0.15) is 0 Å². The molecular formula is C14H13Br2NO. The summed E-state index contributed by atoms with van der Waals surface area (Å²) in [4.78, 5) is 0. The SMILES string of the molecule is COc1ccc(C(N)c2ccc(Br)cc2)cc1Br. The molecule has 0 bridgehead atoms. The molecule has 1 atom stereocenters. The monoisotopic (exact) mass is 369 g/mol. The van der Waals surface area contributed by atoms with E-state index in [1.807, 2.05) is 42.5 Å². The third-order valence-corrected chi connectivity index (χ3v) is 3.91. The zero-order chi connectivity index (χ0) is 13.1. The van der Waals surface area contributed by atoms with Crippen molar-refractivity contribution in [3.05, 3.63) is 62.5 Å². The van der Waals surface area contributed by atoms with E-state index >= 15 is 0 Å². The molecule has 2 N–H and O–H groups in total. The van der Waals surface area contributed by atoms with Gasteiger partial charge < -0.3 is 10.5 Å². The molecule has 0 radical (unpaired) electrons. The van der Waals surface area contributed by atoms with Gasteiger partial charge in [-0.05, 0) is 51.3 Å².